The van der Waals surface area contributed by atoms with Crippen molar-refractivity contribution in [1.29, 1.82) is 0 Å². The number of hydrogen-bond donors (Lipinski definition) is 0. The number of ketones is 2. The van der Waals surface area contributed by atoms with Crippen LogP contribution in [0.25, 0.3) is 0 Å². The van der Waals surface area contributed by atoms with Crippen LogP contribution >= 0.6 is 0 Å². The van der Waals surface area contributed by atoms with Gasteiger partial charge in [-0.2, -0.15) is 0 Å². The van der Waals surface area contributed by atoms with Gasteiger partial charge < -0.3 is 0 Å². The van der Waals surface area contributed by atoms with Crippen molar-refractivity contribution in [2.45, 2.75) is 25.7 Å². The highest BCUT2D eigenvalue weighted by Crippen LogP contribution is 2.64. The van der Waals surface area contributed by atoms with Crippen molar-refractivity contribution in [3.05, 3.63) is 24.3 Å². The number of Topliss-reactive ketones (excluding diaryl/α,β-unsaturated/α-hetero) is 2. The van der Waals surface area contributed by atoms with Gasteiger partial charge in [-0.3, -0.25) is 9.59 Å². The second kappa shape index (κ2) is 3.23. The van der Waals surface area contributed by atoms with Gasteiger partial charge in [0.05, 0.1) is 0 Å². The number of carbonyl (C=O) groups is 2. The molecule has 0 aromatic rings. The second-order valence-corrected chi connectivity index (χ2v) is 6.61. The van der Waals surface area contributed by atoms with E-state index >= 15 is 0 Å². The molecule has 0 aromatic carbocycles. The van der Waals surface area contributed by atoms with E-state index in [1.165, 1.54) is 0 Å². The third-order valence-electron chi connectivity index (χ3n) is 5.94. The minimum absolute atomic E-state index is 0.118. The van der Waals surface area contributed by atoms with E-state index in [1.54, 1.807) is 0 Å². The summed E-state index contributed by atoms with van der Waals surface area (Å²) in [5.41, 5.74) is 2.26. The normalized spacial score (nSPS) is 49.8. The molecule has 4 atom stereocenters. The van der Waals surface area contributed by atoms with Crippen molar-refractivity contribution in [3.63, 3.8) is 0 Å². The van der Waals surface area contributed by atoms with Crippen LogP contribution in [0.5, 0.6) is 0 Å². The first-order valence-electron chi connectivity index (χ1n) is 7.00. The minimum Gasteiger partial charge on any atom is -0.299 e. The van der Waals surface area contributed by atoms with Gasteiger partial charge in [-0.1, -0.05) is 24.3 Å². The van der Waals surface area contributed by atoms with Gasteiger partial charge in [-0.05, 0) is 36.5 Å². The first-order valence-corrected chi connectivity index (χ1v) is 7.00. The predicted octanol–water partition coefficient (Wildman–Crippen LogP) is 2.55. The molecule has 4 unspecified atom stereocenters. The molecule has 0 amide bonds. The molecule has 0 saturated heterocycles. The largest absolute Gasteiger partial charge is 0.299 e. The number of carbonyl (C=O) groups excluding carboxylic acids is 2. The highest BCUT2D eigenvalue weighted by molar-refractivity contribution is 5.92. The molecule has 0 spiro atoms. The van der Waals surface area contributed by atoms with E-state index in [0.29, 0.717) is 48.1 Å². The van der Waals surface area contributed by atoms with Crippen LogP contribution in [0.4, 0.5) is 0 Å². The molecule has 0 radical (unpaired) electrons. The highest BCUT2D eigenvalue weighted by Gasteiger charge is 2.62. The van der Waals surface area contributed by atoms with E-state index in [1.807, 2.05) is 0 Å². The standard InChI is InChI=1S/C16H18O2/c1-7-5-11(17)15-10-4-3-9(13(7)15)14-8(2)6-12(18)16(10)14/h9-10,13-16H,1-6H2. The average molecular weight is 242 g/mol. The van der Waals surface area contributed by atoms with E-state index in [9.17, 15) is 9.59 Å². The summed E-state index contributed by atoms with van der Waals surface area (Å²) in [6.07, 6.45) is 3.33. The van der Waals surface area contributed by atoms with Crippen LogP contribution in [0.15, 0.2) is 24.3 Å². The van der Waals surface area contributed by atoms with Crippen molar-refractivity contribution in [3.8, 4) is 0 Å². The predicted molar refractivity (Wildman–Crippen MR) is 67.7 cm³/mol. The lowest BCUT2D eigenvalue weighted by Crippen LogP contribution is -2.51. The number of allylic oxidation sites excluding steroid dienone is 2. The summed E-state index contributed by atoms with van der Waals surface area (Å²) in [5, 5.41) is 0. The van der Waals surface area contributed by atoms with Crippen LogP contribution in [0.3, 0.4) is 0 Å². The smallest absolute Gasteiger partial charge is 0.140 e. The lowest BCUT2D eigenvalue weighted by atomic mass is 9.51. The maximum Gasteiger partial charge on any atom is 0.140 e. The fraction of sp³-hybridized carbons (Fsp3) is 0.625. The van der Waals surface area contributed by atoms with E-state index in [2.05, 4.69) is 13.2 Å². The molecule has 18 heavy (non-hydrogen) atoms. The van der Waals surface area contributed by atoms with Crippen molar-refractivity contribution >= 4 is 11.6 Å². The van der Waals surface area contributed by atoms with E-state index in [-0.39, 0.29) is 11.8 Å². The first kappa shape index (κ1) is 10.7. The van der Waals surface area contributed by atoms with Gasteiger partial charge in [0.1, 0.15) is 11.6 Å². The van der Waals surface area contributed by atoms with Crippen LogP contribution in [-0.2, 0) is 9.59 Å². The molecule has 2 nitrogen and oxygen atoms in total. The van der Waals surface area contributed by atoms with Crippen molar-refractivity contribution in [2.24, 2.45) is 35.5 Å². The minimum atomic E-state index is 0.118. The number of fused-ring (bicyclic) bond motifs is 1. The summed E-state index contributed by atoms with van der Waals surface area (Å²) < 4.78 is 0. The van der Waals surface area contributed by atoms with Crippen molar-refractivity contribution < 1.29 is 9.59 Å². The summed E-state index contributed by atoms with van der Waals surface area (Å²) in [5.74, 6) is 2.43. The Morgan fingerprint density at radius 1 is 0.722 bits per heavy atom. The summed E-state index contributed by atoms with van der Waals surface area (Å²) in [7, 11) is 0. The zero-order valence-electron chi connectivity index (χ0n) is 10.5. The zero-order valence-corrected chi connectivity index (χ0v) is 10.5. The van der Waals surface area contributed by atoms with Crippen LogP contribution < -0.4 is 0 Å². The fourth-order valence-corrected chi connectivity index (χ4v) is 5.53. The Kier molecular flexibility index (Phi) is 1.92. The van der Waals surface area contributed by atoms with Gasteiger partial charge >= 0.3 is 0 Å². The molecule has 0 N–H and O–H groups in total. The van der Waals surface area contributed by atoms with Crippen molar-refractivity contribution in [1.82, 2.24) is 0 Å². The molecule has 5 aliphatic carbocycles. The maximum absolute atomic E-state index is 12.2. The van der Waals surface area contributed by atoms with Crippen LogP contribution in [0.1, 0.15) is 25.7 Å². The fourth-order valence-electron chi connectivity index (χ4n) is 5.53. The molecule has 5 rings (SSSR count). The maximum atomic E-state index is 12.2. The lowest BCUT2D eigenvalue weighted by molar-refractivity contribution is -0.137. The van der Waals surface area contributed by atoms with Gasteiger partial charge in [-0.15, -0.1) is 0 Å². The Labute approximate surface area is 107 Å². The van der Waals surface area contributed by atoms with E-state index in [4.69, 9.17) is 0 Å². The summed E-state index contributed by atoms with van der Waals surface area (Å²) >= 11 is 0. The third kappa shape index (κ3) is 1.05. The summed E-state index contributed by atoms with van der Waals surface area (Å²) in [6, 6.07) is 0. The molecular weight excluding hydrogens is 224 g/mol. The molecule has 5 aliphatic rings. The Hall–Kier alpha value is -1.18. The molecule has 94 valence electrons. The second-order valence-electron chi connectivity index (χ2n) is 6.61. The Bertz CT molecular complexity index is 415. The average Bonchev–Trinajstić information content (AvgIpc) is 2.81. The Morgan fingerprint density at radius 2 is 1.11 bits per heavy atom. The van der Waals surface area contributed by atoms with E-state index in [0.717, 1.165) is 24.0 Å². The van der Waals surface area contributed by atoms with Gasteiger partial charge in [0.15, 0.2) is 0 Å². The molecule has 5 fully saturated rings. The monoisotopic (exact) mass is 242 g/mol. The van der Waals surface area contributed by atoms with Crippen LogP contribution in [0.2, 0.25) is 0 Å². The first-order chi connectivity index (χ1) is 8.59. The van der Waals surface area contributed by atoms with Crippen LogP contribution in [0, 0.1) is 35.5 Å². The number of rotatable bonds is 0. The molecule has 2 bridgehead atoms. The SMILES string of the molecule is C=C1CC(=O)C2C3CCC(C12)C1C(=C)CC(=O)C31. The van der Waals surface area contributed by atoms with Gasteiger partial charge in [0.25, 0.3) is 0 Å². The topological polar surface area (TPSA) is 34.1 Å². The molecular formula is C16H18O2. The van der Waals surface area contributed by atoms with E-state index < -0.39 is 0 Å². The van der Waals surface area contributed by atoms with Gasteiger partial charge in [-0.25, -0.2) is 0 Å². The zero-order chi connectivity index (χ0) is 12.6. The molecule has 0 aromatic heterocycles. The third-order valence-corrected chi connectivity index (χ3v) is 5.94. The quantitative estimate of drug-likeness (QED) is 0.612. The Balaban J connectivity index is 1.84. The summed E-state index contributed by atoms with van der Waals surface area (Å²) in [6.45, 7) is 8.26. The Morgan fingerprint density at radius 3 is 1.56 bits per heavy atom. The lowest BCUT2D eigenvalue weighted by Gasteiger charge is -2.52. The molecule has 2 heteroatoms. The van der Waals surface area contributed by atoms with Crippen LogP contribution in [-0.4, -0.2) is 11.6 Å². The number of hydrogen-bond acceptors (Lipinski definition) is 2. The highest BCUT2D eigenvalue weighted by atomic mass is 16.1. The molecule has 0 heterocycles. The molecule has 5 saturated carbocycles. The van der Waals surface area contributed by atoms with Gasteiger partial charge in [0.2, 0.25) is 0 Å². The molecule has 0 aliphatic heterocycles. The summed E-state index contributed by atoms with van der Waals surface area (Å²) in [4.78, 5) is 24.4. The van der Waals surface area contributed by atoms with Gasteiger partial charge in [0, 0.05) is 24.7 Å². The van der Waals surface area contributed by atoms with Crippen molar-refractivity contribution in [2.75, 3.05) is 0 Å².